The monoisotopic (exact) mass is 487 g/mol. The maximum Gasteiger partial charge on any atom is 0.310 e. The lowest BCUT2D eigenvalue weighted by Crippen LogP contribution is -2.42. The van der Waals surface area contributed by atoms with E-state index in [0.29, 0.717) is 36.0 Å². The fraction of sp³-hybridized carbons (Fsp3) is 0.304. The molecule has 1 atom stereocenters. The highest BCUT2D eigenvalue weighted by molar-refractivity contribution is 7.89. The summed E-state index contributed by atoms with van der Waals surface area (Å²) in [6.07, 6.45) is 1.18. The fourth-order valence-corrected chi connectivity index (χ4v) is 5.83. The van der Waals surface area contributed by atoms with E-state index in [4.69, 9.17) is 9.47 Å². The molecule has 174 valence electrons. The Morgan fingerprint density at radius 3 is 2.67 bits per heavy atom. The Labute approximate surface area is 197 Å². The fourth-order valence-electron chi connectivity index (χ4n) is 3.59. The highest BCUT2D eigenvalue weighted by atomic mass is 32.2. The normalized spacial score (nSPS) is 16.8. The smallest absolute Gasteiger partial charge is 0.310 e. The van der Waals surface area contributed by atoms with Crippen LogP contribution in [-0.4, -0.2) is 43.9 Å². The van der Waals surface area contributed by atoms with Crippen molar-refractivity contribution < 1.29 is 22.7 Å². The maximum absolute atomic E-state index is 13.0. The van der Waals surface area contributed by atoms with Crippen LogP contribution >= 0.6 is 11.3 Å². The lowest BCUT2D eigenvalue weighted by atomic mass is 10.00. The highest BCUT2D eigenvalue weighted by Crippen LogP contribution is 2.26. The number of methoxy groups -OCH3 is 1. The molecule has 33 heavy (non-hydrogen) atoms. The van der Waals surface area contributed by atoms with Gasteiger partial charge in [0.25, 0.3) is 0 Å². The first-order valence-electron chi connectivity index (χ1n) is 10.5. The van der Waals surface area contributed by atoms with Gasteiger partial charge in [0.2, 0.25) is 10.0 Å². The Hall–Kier alpha value is -2.95. The number of nitrogens with zero attached hydrogens (tertiary/aromatic N) is 2. The predicted octanol–water partition coefficient (Wildman–Crippen LogP) is 4.04. The van der Waals surface area contributed by atoms with Gasteiger partial charge in [-0.3, -0.25) is 4.79 Å². The molecule has 1 fully saturated rings. The third-order valence-corrected chi connectivity index (χ3v) is 8.04. The van der Waals surface area contributed by atoms with Gasteiger partial charge in [-0.1, -0.05) is 18.2 Å². The number of piperidine rings is 1. The number of aromatic nitrogens is 1. The molecule has 0 spiro atoms. The molecule has 1 N–H and O–H groups in total. The van der Waals surface area contributed by atoms with Crippen LogP contribution in [0.3, 0.4) is 0 Å². The quantitative estimate of drug-likeness (QED) is 0.479. The number of anilines is 2. The third kappa shape index (κ3) is 5.70. The van der Waals surface area contributed by atoms with Crippen LogP contribution in [0.15, 0.2) is 64.9 Å². The van der Waals surface area contributed by atoms with E-state index < -0.39 is 21.9 Å². The lowest BCUT2D eigenvalue weighted by Gasteiger charge is -2.30. The van der Waals surface area contributed by atoms with Crippen molar-refractivity contribution in [2.24, 2.45) is 5.92 Å². The molecule has 3 aromatic rings. The van der Waals surface area contributed by atoms with Gasteiger partial charge >= 0.3 is 5.97 Å². The third-order valence-electron chi connectivity index (χ3n) is 5.35. The molecule has 0 amide bonds. The summed E-state index contributed by atoms with van der Waals surface area (Å²) in [5, 5.41) is 5.75. The molecule has 4 rings (SSSR count). The number of hydrogen-bond acceptors (Lipinski definition) is 8. The molecule has 1 unspecified atom stereocenters. The van der Waals surface area contributed by atoms with Crippen molar-refractivity contribution in [3.8, 4) is 5.75 Å². The predicted molar refractivity (Wildman–Crippen MR) is 126 cm³/mol. The summed E-state index contributed by atoms with van der Waals surface area (Å²) in [5.74, 6) is -0.333. The van der Waals surface area contributed by atoms with Crippen molar-refractivity contribution in [1.29, 1.82) is 0 Å². The topological polar surface area (TPSA) is 97.8 Å². The molecule has 1 aliphatic rings. The number of ether oxygens (including phenoxy) is 2. The second-order valence-electron chi connectivity index (χ2n) is 7.62. The van der Waals surface area contributed by atoms with Crippen LogP contribution in [0.4, 0.5) is 10.8 Å². The Kier molecular flexibility index (Phi) is 7.26. The van der Waals surface area contributed by atoms with Crippen molar-refractivity contribution in [3.05, 3.63) is 65.7 Å². The summed E-state index contributed by atoms with van der Waals surface area (Å²) in [6, 6.07) is 15.9. The summed E-state index contributed by atoms with van der Waals surface area (Å²) >= 11 is 1.43. The number of hydrogen-bond donors (Lipinski definition) is 1. The van der Waals surface area contributed by atoms with Crippen LogP contribution < -0.4 is 10.1 Å². The van der Waals surface area contributed by atoms with Gasteiger partial charge in [0.15, 0.2) is 5.13 Å². The zero-order chi connectivity index (χ0) is 23.3. The van der Waals surface area contributed by atoms with Gasteiger partial charge in [0, 0.05) is 24.2 Å². The molecule has 1 aromatic heterocycles. The summed E-state index contributed by atoms with van der Waals surface area (Å²) < 4.78 is 37.9. The van der Waals surface area contributed by atoms with E-state index in [1.165, 1.54) is 34.9 Å². The van der Waals surface area contributed by atoms with Crippen molar-refractivity contribution in [1.82, 2.24) is 9.29 Å². The molecule has 2 aromatic carbocycles. The molecule has 0 radical (unpaired) electrons. The number of sulfonamides is 1. The number of para-hydroxylation sites is 1. The van der Waals surface area contributed by atoms with Crippen LogP contribution in [0.1, 0.15) is 18.5 Å². The van der Waals surface area contributed by atoms with Crippen molar-refractivity contribution >= 4 is 38.1 Å². The van der Waals surface area contributed by atoms with Crippen LogP contribution in [0.2, 0.25) is 0 Å². The van der Waals surface area contributed by atoms with Crippen LogP contribution in [-0.2, 0) is 26.2 Å². The molecule has 1 saturated heterocycles. The van der Waals surface area contributed by atoms with E-state index in [1.54, 1.807) is 12.1 Å². The van der Waals surface area contributed by atoms with Crippen LogP contribution in [0.5, 0.6) is 5.75 Å². The molecular weight excluding hydrogens is 462 g/mol. The summed E-state index contributed by atoms with van der Waals surface area (Å²) in [6.45, 7) is 0.525. The van der Waals surface area contributed by atoms with E-state index in [9.17, 15) is 13.2 Å². The molecule has 0 aliphatic carbocycles. The summed E-state index contributed by atoms with van der Waals surface area (Å²) in [7, 11) is -2.17. The van der Waals surface area contributed by atoms with E-state index in [0.717, 1.165) is 5.69 Å². The Morgan fingerprint density at radius 2 is 1.94 bits per heavy atom. The zero-order valence-corrected chi connectivity index (χ0v) is 19.8. The van der Waals surface area contributed by atoms with Gasteiger partial charge < -0.3 is 14.8 Å². The number of nitrogens with one attached hydrogen (secondary N) is 1. The van der Waals surface area contributed by atoms with Gasteiger partial charge in [-0.2, -0.15) is 4.31 Å². The maximum atomic E-state index is 13.0. The van der Waals surface area contributed by atoms with Crippen LogP contribution in [0.25, 0.3) is 0 Å². The number of benzene rings is 2. The van der Waals surface area contributed by atoms with Crippen molar-refractivity contribution in [2.45, 2.75) is 24.3 Å². The minimum Gasteiger partial charge on any atom is -0.497 e. The highest BCUT2D eigenvalue weighted by Gasteiger charge is 2.34. The van der Waals surface area contributed by atoms with E-state index in [1.807, 2.05) is 35.7 Å². The minimum absolute atomic E-state index is 0.0491. The van der Waals surface area contributed by atoms with Gasteiger partial charge in [-0.25, -0.2) is 13.4 Å². The van der Waals surface area contributed by atoms with Gasteiger partial charge in [0.1, 0.15) is 12.4 Å². The molecule has 10 heteroatoms. The van der Waals surface area contributed by atoms with Gasteiger partial charge in [0.05, 0.1) is 23.6 Å². The van der Waals surface area contributed by atoms with Gasteiger partial charge in [-0.05, 0) is 49.2 Å². The van der Waals surface area contributed by atoms with Gasteiger partial charge in [-0.15, -0.1) is 11.3 Å². The molecular formula is C23H25N3O5S2. The average Bonchev–Trinajstić information content (AvgIpc) is 3.30. The Morgan fingerprint density at radius 1 is 1.18 bits per heavy atom. The first-order chi connectivity index (χ1) is 16.0. The molecule has 0 bridgehead atoms. The first kappa shape index (κ1) is 23.2. The molecule has 2 heterocycles. The van der Waals surface area contributed by atoms with E-state index in [2.05, 4.69) is 10.3 Å². The summed E-state index contributed by atoms with van der Waals surface area (Å²) in [5.41, 5.74) is 1.57. The number of carbonyl (C=O) groups is 1. The Balaban J connectivity index is 1.33. The standard InChI is InChI=1S/C23H25N3O5S2/c1-30-20-9-11-21(12-10-20)33(28,29)26-13-5-6-17(14-26)22(27)31-15-19-16-32-23(25-19)24-18-7-3-2-4-8-18/h2-4,7-12,16-17H,5-6,13-15H2,1H3,(H,24,25). The van der Waals surface area contributed by atoms with Crippen molar-refractivity contribution in [3.63, 3.8) is 0 Å². The second kappa shape index (κ2) is 10.3. The lowest BCUT2D eigenvalue weighted by molar-refractivity contribution is -0.151. The first-order valence-corrected chi connectivity index (χ1v) is 12.8. The molecule has 0 saturated carbocycles. The number of thiazole rings is 1. The molecule has 1 aliphatic heterocycles. The zero-order valence-electron chi connectivity index (χ0n) is 18.1. The second-order valence-corrected chi connectivity index (χ2v) is 10.4. The number of rotatable bonds is 8. The average molecular weight is 488 g/mol. The Bertz CT molecular complexity index is 1180. The van der Waals surface area contributed by atoms with E-state index >= 15 is 0 Å². The molecule has 8 nitrogen and oxygen atoms in total. The largest absolute Gasteiger partial charge is 0.497 e. The van der Waals surface area contributed by atoms with E-state index in [-0.39, 0.29) is 18.0 Å². The van der Waals surface area contributed by atoms with Crippen molar-refractivity contribution in [2.75, 3.05) is 25.5 Å². The number of carbonyl (C=O) groups excluding carboxylic acids is 1. The number of esters is 1. The van der Waals surface area contributed by atoms with Crippen LogP contribution in [0, 0.1) is 5.92 Å². The SMILES string of the molecule is COc1ccc(S(=O)(=O)N2CCCC(C(=O)OCc3csc(Nc4ccccc4)n3)C2)cc1. The minimum atomic E-state index is -3.70. The summed E-state index contributed by atoms with van der Waals surface area (Å²) in [4.78, 5) is 17.3.